The minimum Gasteiger partial charge on any atom is -0.336 e. The summed E-state index contributed by atoms with van der Waals surface area (Å²) in [5.41, 5.74) is 0.546. The average Bonchev–Trinajstić information content (AvgIpc) is 2.30. The van der Waals surface area contributed by atoms with Crippen LogP contribution in [0.15, 0.2) is 24.3 Å². The number of carbonyl (C=O) groups excluding carboxylic acids is 2. The van der Waals surface area contributed by atoms with E-state index in [1.54, 1.807) is 39.1 Å². The molecule has 1 atom stereocenters. The molecule has 5 nitrogen and oxygen atoms in total. The Morgan fingerprint density at radius 3 is 2.55 bits per heavy atom. The first kappa shape index (κ1) is 16.1. The highest BCUT2D eigenvalue weighted by molar-refractivity contribution is 5.94. The molecule has 0 saturated heterocycles. The third-order valence-electron chi connectivity index (χ3n) is 2.59. The number of amides is 3. The van der Waals surface area contributed by atoms with Gasteiger partial charge in [-0.05, 0) is 19.9 Å². The molecule has 0 heterocycles. The number of benzene rings is 1. The molecule has 0 radical (unpaired) electrons. The van der Waals surface area contributed by atoms with Crippen LogP contribution in [-0.2, 0) is 11.3 Å². The van der Waals surface area contributed by atoms with Crippen LogP contribution >= 0.6 is 0 Å². The number of imide groups is 1. The second-order valence-electron chi connectivity index (χ2n) is 5.08. The lowest BCUT2D eigenvalue weighted by atomic mass is 10.2. The van der Waals surface area contributed by atoms with Crippen molar-refractivity contribution in [2.75, 3.05) is 13.6 Å². The summed E-state index contributed by atoms with van der Waals surface area (Å²) in [6.07, 6.45) is 0. The molecule has 3 amide bonds. The first-order valence-electron chi connectivity index (χ1n) is 6.53. The molecular formula is C14H21FN3O2+. The van der Waals surface area contributed by atoms with Gasteiger partial charge in [0.25, 0.3) is 5.91 Å². The molecule has 1 aromatic rings. The van der Waals surface area contributed by atoms with Crippen LogP contribution in [0.25, 0.3) is 0 Å². The number of hydrogen-bond donors (Lipinski definition) is 3. The summed E-state index contributed by atoms with van der Waals surface area (Å²) in [6, 6.07) is 5.90. The topological polar surface area (TPSA) is 62.6 Å². The van der Waals surface area contributed by atoms with Crippen LogP contribution in [0.3, 0.4) is 0 Å². The van der Waals surface area contributed by atoms with Crippen molar-refractivity contribution in [3.8, 4) is 0 Å². The van der Waals surface area contributed by atoms with Gasteiger partial charge in [0, 0.05) is 11.6 Å². The predicted molar refractivity (Wildman–Crippen MR) is 73.7 cm³/mol. The molecule has 0 aliphatic heterocycles. The molecule has 0 aromatic heterocycles. The summed E-state index contributed by atoms with van der Waals surface area (Å²) < 4.78 is 13.5. The molecule has 0 fully saturated rings. The summed E-state index contributed by atoms with van der Waals surface area (Å²) in [7, 11) is 1.77. The third kappa shape index (κ3) is 5.79. The van der Waals surface area contributed by atoms with E-state index in [2.05, 4.69) is 10.6 Å². The Hall–Kier alpha value is -1.95. The molecule has 1 rings (SSSR count). The van der Waals surface area contributed by atoms with Gasteiger partial charge in [-0.15, -0.1) is 0 Å². The van der Waals surface area contributed by atoms with Crippen LogP contribution in [-0.4, -0.2) is 31.6 Å². The van der Waals surface area contributed by atoms with Gasteiger partial charge in [-0.2, -0.15) is 0 Å². The van der Waals surface area contributed by atoms with E-state index in [9.17, 15) is 14.0 Å². The van der Waals surface area contributed by atoms with Crippen LogP contribution in [0.4, 0.5) is 9.18 Å². The molecule has 0 spiro atoms. The fraction of sp³-hybridized carbons (Fsp3) is 0.429. The van der Waals surface area contributed by atoms with Gasteiger partial charge >= 0.3 is 6.03 Å². The maximum Gasteiger partial charge on any atom is 0.321 e. The van der Waals surface area contributed by atoms with Gasteiger partial charge in [-0.1, -0.05) is 18.2 Å². The number of urea groups is 1. The van der Waals surface area contributed by atoms with E-state index in [0.29, 0.717) is 12.1 Å². The van der Waals surface area contributed by atoms with Crippen molar-refractivity contribution in [1.29, 1.82) is 0 Å². The van der Waals surface area contributed by atoms with Crippen LogP contribution in [0.5, 0.6) is 0 Å². The Balaban J connectivity index is 2.42. The highest BCUT2D eigenvalue weighted by Crippen LogP contribution is 2.03. The molecule has 6 heteroatoms. The van der Waals surface area contributed by atoms with Crippen molar-refractivity contribution in [2.45, 2.75) is 26.4 Å². The zero-order chi connectivity index (χ0) is 15.1. The molecule has 1 unspecified atom stereocenters. The minimum absolute atomic E-state index is 0.0358. The van der Waals surface area contributed by atoms with Crippen LogP contribution in [0.1, 0.15) is 19.4 Å². The first-order chi connectivity index (χ1) is 9.38. The number of halogens is 1. The number of hydrogen-bond acceptors (Lipinski definition) is 2. The summed E-state index contributed by atoms with van der Waals surface area (Å²) in [5.74, 6) is -0.679. The lowest BCUT2D eigenvalue weighted by Crippen LogP contribution is -3.09. The largest absolute Gasteiger partial charge is 0.336 e. The number of likely N-dealkylation sites (N-methyl/N-ethyl adjacent to an activating group) is 1. The van der Waals surface area contributed by atoms with Crippen LogP contribution in [0, 0.1) is 5.82 Å². The van der Waals surface area contributed by atoms with Crippen molar-refractivity contribution in [3.05, 3.63) is 35.6 Å². The smallest absolute Gasteiger partial charge is 0.321 e. The zero-order valence-electron chi connectivity index (χ0n) is 12.0. The van der Waals surface area contributed by atoms with Crippen molar-refractivity contribution >= 4 is 11.9 Å². The highest BCUT2D eigenvalue weighted by atomic mass is 19.1. The summed E-state index contributed by atoms with van der Waals surface area (Å²) in [5, 5.41) is 4.80. The Kier molecular flexibility index (Phi) is 6.11. The summed E-state index contributed by atoms with van der Waals surface area (Å²) in [4.78, 5) is 23.8. The van der Waals surface area contributed by atoms with E-state index < -0.39 is 11.9 Å². The lowest BCUT2D eigenvalue weighted by Gasteiger charge is -2.14. The Bertz CT molecular complexity index is 477. The number of nitrogens with one attached hydrogen (secondary N) is 3. The van der Waals surface area contributed by atoms with E-state index >= 15 is 0 Å². The maximum atomic E-state index is 13.5. The van der Waals surface area contributed by atoms with Gasteiger partial charge in [0.05, 0.1) is 7.05 Å². The van der Waals surface area contributed by atoms with Gasteiger partial charge in [-0.25, -0.2) is 9.18 Å². The van der Waals surface area contributed by atoms with Crippen LogP contribution in [0.2, 0.25) is 0 Å². The second kappa shape index (κ2) is 7.59. The SMILES string of the molecule is CC(C)NC(=O)NC(=O)C[NH+](C)Cc1ccccc1F. The quantitative estimate of drug-likeness (QED) is 0.716. The average molecular weight is 282 g/mol. The van der Waals surface area contributed by atoms with Gasteiger partial charge in [0.1, 0.15) is 12.4 Å². The van der Waals surface area contributed by atoms with Gasteiger partial charge in [-0.3, -0.25) is 10.1 Å². The monoisotopic (exact) mass is 282 g/mol. The van der Waals surface area contributed by atoms with E-state index in [1.165, 1.54) is 6.07 Å². The number of carbonyl (C=O) groups is 2. The Labute approximate surface area is 118 Å². The highest BCUT2D eigenvalue weighted by Gasteiger charge is 2.15. The van der Waals surface area contributed by atoms with Crippen molar-refractivity contribution in [1.82, 2.24) is 10.6 Å². The van der Waals surface area contributed by atoms with Crippen molar-refractivity contribution in [3.63, 3.8) is 0 Å². The second-order valence-corrected chi connectivity index (χ2v) is 5.08. The summed E-state index contributed by atoms with van der Waals surface area (Å²) in [6.45, 7) is 4.09. The van der Waals surface area contributed by atoms with Crippen LogP contribution < -0.4 is 15.5 Å². The summed E-state index contributed by atoms with van der Waals surface area (Å²) >= 11 is 0. The van der Waals surface area contributed by atoms with E-state index in [1.807, 2.05) is 0 Å². The maximum absolute atomic E-state index is 13.5. The van der Waals surface area contributed by atoms with Gasteiger partial charge < -0.3 is 10.2 Å². The Morgan fingerprint density at radius 2 is 1.95 bits per heavy atom. The van der Waals surface area contributed by atoms with E-state index in [4.69, 9.17) is 0 Å². The molecule has 0 saturated carbocycles. The van der Waals surface area contributed by atoms with Crippen molar-refractivity contribution in [2.24, 2.45) is 0 Å². The zero-order valence-corrected chi connectivity index (χ0v) is 12.0. The molecule has 110 valence electrons. The first-order valence-corrected chi connectivity index (χ1v) is 6.53. The molecule has 0 aliphatic rings. The molecule has 0 bridgehead atoms. The fourth-order valence-electron chi connectivity index (χ4n) is 1.77. The lowest BCUT2D eigenvalue weighted by molar-refractivity contribution is -0.885. The third-order valence-corrected chi connectivity index (χ3v) is 2.59. The normalized spacial score (nSPS) is 12.1. The Morgan fingerprint density at radius 1 is 1.30 bits per heavy atom. The van der Waals surface area contributed by atoms with E-state index in [-0.39, 0.29) is 18.4 Å². The predicted octanol–water partition coefficient (Wildman–Crippen LogP) is 0.0746. The number of quaternary nitrogens is 1. The molecule has 1 aromatic carbocycles. The molecule has 0 aliphatic carbocycles. The molecular weight excluding hydrogens is 261 g/mol. The van der Waals surface area contributed by atoms with Crippen molar-refractivity contribution < 1.29 is 18.9 Å². The van der Waals surface area contributed by atoms with Gasteiger partial charge in [0.2, 0.25) is 0 Å². The van der Waals surface area contributed by atoms with E-state index in [0.717, 1.165) is 4.90 Å². The number of rotatable bonds is 5. The minimum atomic E-state index is -0.510. The molecule has 3 N–H and O–H groups in total. The molecule has 20 heavy (non-hydrogen) atoms. The standard InChI is InChI=1S/C14H20FN3O2/c1-10(2)16-14(20)17-13(19)9-18(3)8-11-6-4-5-7-12(11)15/h4-7,10H,8-9H2,1-3H3,(H2,16,17,19,20)/p+1. The fourth-order valence-corrected chi connectivity index (χ4v) is 1.77. The van der Waals surface area contributed by atoms with Gasteiger partial charge in [0.15, 0.2) is 6.54 Å².